The van der Waals surface area contributed by atoms with Crippen molar-refractivity contribution in [2.24, 2.45) is 5.84 Å². The molecule has 1 aliphatic rings. The molecule has 1 unspecified atom stereocenters. The van der Waals surface area contributed by atoms with Crippen LogP contribution in [-0.4, -0.2) is 25.9 Å². The molecule has 0 amide bonds. The smallest absolute Gasteiger partial charge is 0.161 e. The first-order chi connectivity index (χ1) is 11.1. The fraction of sp³-hybridized carbons (Fsp3) is 0.222. The summed E-state index contributed by atoms with van der Waals surface area (Å²) in [6, 6.07) is 11.4. The largest absolute Gasteiger partial charge is 0.493 e. The molecule has 0 heterocycles. The second kappa shape index (κ2) is 6.04. The van der Waals surface area contributed by atoms with Crippen LogP contribution in [0.5, 0.6) is 11.5 Å². The number of nitrogens with one attached hydrogen (secondary N) is 1. The molecule has 0 aromatic heterocycles. The van der Waals surface area contributed by atoms with Gasteiger partial charge in [-0.3, -0.25) is 11.3 Å². The summed E-state index contributed by atoms with van der Waals surface area (Å²) >= 11 is 0. The lowest BCUT2D eigenvalue weighted by Crippen LogP contribution is -2.42. The summed E-state index contributed by atoms with van der Waals surface area (Å²) in [7, 11) is 3.16. The molecule has 0 radical (unpaired) electrons. The summed E-state index contributed by atoms with van der Waals surface area (Å²) in [6.45, 7) is 0.175. The monoisotopic (exact) mass is 312 g/mol. The van der Waals surface area contributed by atoms with E-state index in [1.807, 2.05) is 42.5 Å². The Hall–Kier alpha value is -2.34. The highest BCUT2D eigenvalue weighted by atomic mass is 16.5. The number of hydrogen-bond acceptors (Lipinski definition) is 5. The van der Waals surface area contributed by atoms with Gasteiger partial charge in [0, 0.05) is 12.1 Å². The quantitative estimate of drug-likeness (QED) is 0.594. The van der Waals surface area contributed by atoms with E-state index in [0.717, 1.165) is 16.7 Å². The van der Waals surface area contributed by atoms with Crippen molar-refractivity contribution in [1.29, 1.82) is 0 Å². The van der Waals surface area contributed by atoms with E-state index in [-0.39, 0.29) is 6.54 Å². The number of hydrazine groups is 1. The molecule has 0 spiro atoms. The van der Waals surface area contributed by atoms with Crippen LogP contribution in [0.25, 0.3) is 12.2 Å². The van der Waals surface area contributed by atoms with Crippen molar-refractivity contribution in [2.75, 3.05) is 20.8 Å². The Kier molecular flexibility index (Phi) is 4.09. The Morgan fingerprint density at radius 1 is 1.00 bits per heavy atom. The van der Waals surface area contributed by atoms with Crippen LogP contribution in [0, 0.1) is 0 Å². The molecule has 1 aliphatic carbocycles. The summed E-state index contributed by atoms with van der Waals surface area (Å²) in [5.74, 6) is 6.73. The van der Waals surface area contributed by atoms with Crippen LogP contribution in [0.1, 0.15) is 22.3 Å². The summed E-state index contributed by atoms with van der Waals surface area (Å²) in [6.07, 6.45) is 3.94. The zero-order chi connectivity index (χ0) is 16.4. The minimum Gasteiger partial charge on any atom is -0.493 e. The maximum absolute atomic E-state index is 11.5. The van der Waals surface area contributed by atoms with Crippen molar-refractivity contribution in [2.45, 2.75) is 5.60 Å². The van der Waals surface area contributed by atoms with Gasteiger partial charge >= 0.3 is 0 Å². The van der Waals surface area contributed by atoms with Gasteiger partial charge in [-0.15, -0.1) is 0 Å². The van der Waals surface area contributed by atoms with Crippen molar-refractivity contribution >= 4 is 12.2 Å². The first kappa shape index (κ1) is 15.6. The van der Waals surface area contributed by atoms with Gasteiger partial charge in [-0.2, -0.15) is 0 Å². The van der Waals surface area contributed by atoms with Crippen molar-refractivity contribution in [3.8, 4) is 11.5 Å². The fourth-order valence-corrected chi connectivity index (χ4v) is 3.07. The van der Waals surface area contributed by atoms with Crippen LogP contribution in [0.4, 0.5) is 0 Å². The molecule has 0 fully saturated rings. The number of hydrogen-bond donors (Lipinski definition) is 3. The lowest BCUT2D eigenvalue weighted by molar-refractivity contribution is 0.0797. The van der Waals surface area contributed by atoms with E-state index < -0.39 is 5.60 Å². The highest BCUT2D eigenvalue weighted by Gasteiger charge is 2.36. The van der Waals surface area contributed by atoms with Crippen molar-refractivity contribution in [3.63, 3.8) is 0 Å². The van der Waals surface area contributed by atoms with Crippen LogP contribution in [0.2, 0.25) is 0 Å². The molecule has 1 atom stereocenters. The van der Waals surface area contributed by atoms with Gasteiger partial charge in [-0.05, 0) is 28.8 Å². The molecule has 0 aliphatic heterocycles. The van der Waals surface area contributed by atoms with Crippen LogP contribution >= 0.6 is 0 Å². The molecule has 5 heteroatoms. The van der Waals surface area contributed by atoms with Gasteiger partial charge in [0.15, 0.2) is 11.5 Å². The van der Waals surface area contributed by atoms with E-state index >= 15 is 0 Å². The third kappa shape index (κ3) is 2.49. The van der Waals surface area contributed by atoms with Gasteiger partial charge < -0.3 is 14.6 Å². The number of methoxy groups -OCH3 is 2. The fourth-order valence-electron chi connectivity index (χ4n) is 3.07. The van der Waals surface area contributed by atoms with Crippen molar-refractivity contribution < 1.29 is 14.6 Å². The van der Waals surface area contributed by atoms with Crippen molar-refractivity contribution in [3.05, 3.63) is 58.7 Å². The Morgan fingerprint density at radius 3 is 2.35 bits per heavy atom. The van der Waals surface area contributed by atoms with Gasteiger partial charge in [0.2, 0.25) is 0 Å². The molecule has 120 valence electrons. The van der Waals surface area contributed by atoms with Crippen LogP contribution < -0.4 is 20.7 Å². The molecule has 0 saturated carbocycles. The minimum atomic E-state index is -1.27. The first-order valence-corrected chi connectivity index (χ1v) is 7.34. The molecule has 0 saturated heterocycles. The average Bonchev–Trinajstić information content (AvgIpc) is 2.70. The Labute approximate surface area is 135 Å². The molecule has 4 N–H and O–H groups in total. The lowest BCUT2D eigenvalue weighted by atomic mass is 9.83. The average molecular weight is 312 g/mol. The number of ether oxygens (including phenoxy) is 2. The predicted octanol–water partition coefficient (Wildman–Crippen LogP) is 1.89. The maximum Gasteiger partial charge on any atom is 0.161 e. The van der Waals surface area contributed by atoms with Gasteiger partial charge in [-0.25, -0.2) is 0 Å². The minimum absolute atomic E-state index is 0.175. The topological polar surface area (TPSA) is 76.7 Å². The number of aliphatic hydroxyl groups is 1. The van der Waals surface area contributed by atoms with E-state index in [9.17, 15) is 5.11 Å². The molecular weight excluding hydrogens is 292 g/mol. The number of nitrogens with two attached hydrogens (primary N) is 1. The zero-order valence-electron chi connectivity index (χ0n) is 13.2. The van der Waals surface area contributed by atoms with E-state index in [0.29, 0.717) is 17.1 Å². The van der Waals surface area contributed by atoms with E-state index in [4.69, 9.17) is 15.3 Å². The van der Waals surface area contributed by atoms with Gasteiger partial charge in [0.05, 0.1) is 14.2 Å². The Bertz CT molecular complexity index is 758. The Morgan fingerprint density at radius 2 is 1.65 bits per heavy atom. The number of fused-ring (bicyclic) bond motifs is 2. The third-order valence-corrected chi connectivity index (χ3v) is 4.21. The van der Waals surface area contributed by atoms with Crippen LogP contribution in [0.15, 0.2) is 36.4 Å². The second-order valence-electron chi connectivity index (χ2n) is 5.46. The molecule has 23 heavy (non-hydrogen) atoms. The lowest BCUT2D eigenvalue weighted by Gasteiger charge is -2.31. The third-order valence-electron chi connectivity index (χ3n) is 4.21. The second-order valence-corrected chi connectivity index (χ2v) is 5.46. The molecule has 5 nitrogen and oxygen atoms in total. The highest BCUT2D eigenvalue weighted by molar-refractivity contribution is 5.78. The van der Waals surface area contributed by atoms with Crippen LogP contribution in [-0.2, 0) is 5.60 Å². The number of benzene rings is 2. The molecule has 0 bridgehead atoms. The predicted molar refractivity (Wildman–Crippen MR) is 90.1 cm³/mol. The Balaban J connectivity index is 2.31. The molecule has 2 aromatic rings. The summed E-state index contributed by atoms with van der Waals surface area (Å²) < 4.78 is 10.8. The van der Waals surface area contributed by atoms with Crippen molar-refractivity contribution in [1.82, 2.24) is 5.43 Å². The standard InChI is InChI=1S/C18H20N2O3/c1-22-16-9-13-8-7-12-5-3-4-6-14(12)18(21,11-20-19)15(13)10-17(16)23-2/h3-10,20-21H,11,19H2,1-2H3. The molecule has 2 aromatic carbocycles. The summed E-state index contributed by atoms with van der Waals surface area (Å²) in [5.41, 5.74) is 4.64. The van der Waals surface area contributed by atoms with E-state index in [1.165, 1.54) is 0 Å². The first-order valence-electron chi connectivity index (χ1n) is 7.34. The number of rotatable bonds is 4. The molecule has 3 rings (SSSR count). The van der Waals surface area contributed by atoms with Crippen LogP contribution in [0.3, 0.4) is 0 Å². The SMILES string of the molecule is COc1cc2c(cc1OC)C(O)(CNN)c1ccccc1C=C2. The normalized spacial score (nSPS) is 18.8. The summed E-state index contributed by atoms with van der Waals surface area (Å²) in [4.78, 5) is 0. The molecular formula is C18H20N2O3. The zero-order valence-corrected chi connectivity index (χ0v) is 13.2. The van der Waals surface area contributed by atoms with Gasteiger partial charge in [0.25, 0.3) is 0 Å². The van der Waals surface area contributed by atoms with E-state index in [2.05, 4.69) is 5.43 Å². The maximum atomic E-state index is 11.5. The van der Waals surface area contributed by atoms with E-state index in [1.54, 1.807) is 20.3 Å². The summed E-state index contributed by atoms with van der Waals surface area (Å²) in [5, 5.41) is 11.5. The van der Waals surface area contributed by atoms with Gasteiger partial charge in [0.1, 0.15) is 5.60 Å². The van der Waals surface area contributed by atoms with Gasteiger partial charge in [-0.1, -0.05) is 36.4 Å². The highest BCUT2D eigenvalue weighted by Crippen LogP contribution is 2.42.